The lowest BCUT2D eigenvalue weighted by molar-refractivity contribution is -0.145. The summed E-state index contributed by atoms with van der Waals surface area (Å²) in [6, 6.07) is -2.49. The molecule has 4 saturated carbocycles. The highest BCUT2D eigenvalue weighted by molar-refractivity contribution is 7.95. The summed E-state index contributed by atoms with van der Waals surface area (Å²) in [5, 5.41) is 9.46. The predicted octanol–water partition coefficient (Wildman–Crippen LogP) is 5.09. The molecular formula is C44H71N7O5S. The summed E-state index contributed by atoms with van der Waals surface area (Å²) >= 11 is 1.30. The Hall–Kier alpha value is -2.64. The minimum atomic E-state index is -1.12. The van der Waals surface area contributed by atoms with Crippen LogP contribution in [0.2, 0.25) is 0 Å². The number of carbonyl (C=O) groups is 5. The molecule has 2 spiro atoms. The summed E-state index contributed by atoms with van der Waals surface area (Å²) in [5.74, 6) is -1.61. The molecule has 4 N–H and O–H groups in total. The van der Waals surface area contributed by atoms with Gasteiger partial charge in [0.1, 0.15) is 23.7 Å². The van der Waals surface area contributed by atoms with E-state index in [0.717, 1.165) is 77.4 Å². The fourth-order valence-electron chi connectivity index (χ4n) is 12.1. The van der Waals surface area contributed by atoms with Gasteiger partial charge in [0.2, 0.25) is 23.6 Å². The number of nitrogens with zero attached hydrogens (tertiary/aromatic N) is 3. The third-order valence-corrected chi connectivity index (χ3v) is 16.9. The van der Waals surface area contributed by atoms with E-state index in [1.165, 1.54) is 25.0 Å². The van der Waals surface area contributed by atoms with Crippen LogP contribution >= 0.6 is 12.1 Å². The van der Waals surface area contributed by atoms with Crippen LogP contribution in [0.1, 0.15) is 139 Å². The first-order valence-corrected chi connectivity index (χ1v) is 22.8. The molecule has 57 heavy (non-hydrogen) atoms. The maximum Gasteiger partial charge on any atom is 0.257 e. The Kier molecular flexibility index (Phi) is 11.3. The van der Waals surface area contributed by atoms with Crippen LogP contribution < -0.4 is 20.7 Å². The molecule has 7 fully saturated rings. The monoisotopic (exact) mass is 810 g/mol. The second kappa shape index (κ2) is 15.1. The molecule has 0 aromatic heterocycles. The third-order valence-electron chi connectivity index (χ3n) is 16.0. The second-order valence-corrected chi connectivity index (χ2v) is 22.3. The SMILES string of the molecule is C=CC1CC1(NC(=O)C1CC2(CN1C(=O)C(NC(=O)C(NC(=O)C1CCCN1C1CCCC1)C(C)(C)C)C(C)(C)C)C(C)(C)C21CCC1)C(=O)NSN1CCCC1. The summed E-state index contributed by atoms with van der Waals surface area (Å²) in [6.07, 6.45) is 14.5. The quantitative estimate of drug-likeness (QED) is 0.158. The van der Waals surface area contributed by atoms with E-state index in [1.807, 2.05) is 41.5 Å². The van der Waals surface area contributed by atoms with Crippen LogP contribution in [0.3, 0.4) is 0 Å². The Morgan fingerprint density at radius 1 is 0.754 bits per heavy atom. The van der Waals surface area contributed by atoms with Crippen LogP contribution in [-0.2, 0) is 24.0 Å². The number of likely N-dealkylation sites (tertiary alicyclic amines) is 2. The van der Waals surface area contributed by atoms with Gasteiger partial charge in [-0.05, 0) is 92.4 Å². The van der Waals surface area contributed by atoms with Gasteiger partial charge < -0.3 is 20.9 Å². The number of nitrogens with one attached hydrogen (secondary N) is 4. The first-order valence-electron chi connectivity index (χ1n) is 22.1. The van der Waals surface area contributed by atoms with E-state index in [1.54, 1.807) is 11.0 Å². The van der Waals surface area contributed by atoms with Crippen LogP contribution in [0, 0.1) is 33.0 Å². The van der Waals surface area contributed by atoms with Gasteiger partial charge >= 0.3 is 0 Å². The predicted molar refractivity (Wildman–Crippen MR) is 223 cm³/mol. The Balaban J connectivity index is 1.12. The molecule has 5 amide bonds. The minimum Gasteiger partial charge on any atom is -0.342 e. The number of hydrogen-bond acceptors (Lipinski definition) is 8. The van der Waals surface area contributed by atoms with Crippen LogP contribution in [0.25, 0.3) is 0 Å². The van der Waals surface area contributed by atoms with E-state index in [-0.39, 0.29) is 51.8 Å². The highest BCUT2D eigenvalue weighted by atomic mass is 32.2. The first-order chi connectivity index (χ1) is 26.7. The molecule has 0 radical (unpaired) electrons. The van der Waals surface area contributed by atoms with Crippen molar-refractivity contribution >= 4 is 41.7 Å². The van der Waals surface area contributed by atoms with Crippen molar-refractivity contribution < 1.29 is 24.0 Å². The molecule has 7 atom stereocenters. The molecular weight excluding hydrogens is 739 g/mol. The van der Waals surface area contributed by atoms with Crippen molar-refractivity contribution in [1.29, 1.82) is 0 Å². The van der Waals surface area contributed by atoms with Gasteiger partial charge in [0.05, 0.1) is 6.04 Å². The third kappa shape index (κ3) is 7.25. The molecule has 12 nitrogen and oxygen atoms in total. The molecule has 0 aromatic rings. The molecule has 13 heteroatoms. The standard InChI is InChI=1S/C44H71N7O5S/c1-10-28-25-44(28,38(56)48-57-49-22-13-14-23-49)47-35(53)31-26-43(41(8,9)42(43)20-16-21-42)27-51(31)37(55)33(40(5,6)7)46-36(54)32(39(2,3)4)45-34(52)30-19-15-24-50(30)29-17-11-12-18-29/h10,28-33H,1,11-27H2,2-9H3,(H,45,52)(H,46,54)(H,47,53)(H,48,56). The van der Waals surface area contributed by atoms with Gasteiger partial charge in [-0.3, -0.25) is 33.6 Å². The molecule has 0 aromatic carbocycles. The Bertz CT molecular complexity index is 1620. The lowest BCUT2D eigenvalue weighted by Crippen LogP contribution is -2.63. The van der Waals surface area contributed by atoms with Crippen molar-refractivity contribution in [3.63, 3.8) is 0 Å². The van der Waals surface area contributed by atoms with Gasteiger partial charge in [0.15, 0.2) is 0 Å². The Morgan fingerprint density at radius 3 is 1.95 bits per heavy atom. The number of amides is 5. The van der Waals surface area contributed by atoms with E-state index < -0.39 is 40.4 Å². The lowest BCUT2D eigenvalue weighted by Gasteiger charge is -2.39. The fraction of sp³-hybridized carbons (Fsp3) is 0.841. The smallest absolute Gasteiger partial charge is 0.257 e. The topological polar surface area (TPSA) is 143 Å². The van der Waals surface area contributed by atoms with E-state index in [2.05, 4.69) is 50.3 Å². The van der Waals surface area contributed by atoms with Gasteiger partial charge in [0, 0.05) is 49.1 Å². The molecule has 3 aliphatic heterocycles. The molecule has 3 saturated heterocycles. The number of hydrogen-bond donors (Lipinski definition) is 4. The lowest BCUT2D eigenvalue weighted by atomic mass is 9.73. The maximum atomic E-state index is 15.2. The summed E-state index contributed by atoms with van der Waals surface area (Å²) in [4.78, 5) is 76.3. The van der Waals surface area contributed by atoms with Crippen molar-refractivity contribution in [3.05, 3.63) is 12.7 Å². The van der Waals surface area contributed by atoms with E-state index in [4.69, 9.17) is 0 Å². The zero-order chi connectivity index (χ0) is 41.3. The number of carbonyl (C=O) groups excluding carboxylic acids is 5. The van der Waals surface area contributed by atoms with Gasteiger partial charge in [-0.25, -0.2) is 4.31 Å². The molecule has 7 rings (SSSR count). The summed E-state index contributed by atoms with van der Waals surface area (Å²) in [7, 11) is 0. The Morgan fingerprint density at radius 2 is 1.40 bits per heavy atom. The normalized spacial score (nSPS) is 33.1. The van der Waals surface area contributed by atoms with E-state index >= 15 is 4.79 Å². The molecule has 4 aliphatic carbocycles. The summed E-state index contributed by atoms with van der Waals surface area (Å²) in [6.45, 7) is 23.3. The van der Waals surface area contributed by atoms with Crippen molar-refractivity contribution in [2.75, 3.05) is 26.2 Å². The Labute approximate surface area is 345 Å². The molecule has 7 unspecified atom stereocenters. The first kappa shape index (κ1) is 42.5. The highest BCUT2D eigenvalue weighted by Crippen LogP contribution is 2.88. The van der Waals surface area contributed by atoms with Gasteiger partial charge in [-0.2, -0.15) is 0 Å². The van der Waals surface area contributed by atoms with Crippen LogP contribution in [0.15, 0.2) is 12.7 Å². The molecule has 0 bridgehead atoms. The van der Waals surface area contributed by atoms with Crippen LogP contribution in [0.5, 0.6) is 0 Å². The van der Waals surface area contributed by atoms with Gasteiger partial charge in [-0.1, -0.05) is 80.7 Å². The van der Waals surface area contributed by atoms with Crippen molar-refractivity contribution in [1.82, 2.24) is 34.8 Å². The molecule has 7 aliphatic rings. The largest absolute Gasteiger partial charge is 0.342 e. The van der Waals surface area contributed by atoms with Crippen molar-refractivity contribution in [3.8, 4) is 0 Å². The van der Waals surface area contributed by atoms with Crippen molar-refractivity contribution in [2.24, 2.45) is 33.0 Å². The average molecular weight is 810 g/mol. The fourth-order valence-corrected chi connectivity index (χ4v) is 12.9. The number of fused-ring (bicyclic) bond motifs is 1. The zero-order valence-corrected chi connectivity index (χ0v) is 36.9. The van der Waals surface area contributed by atoms with Gasteiger partial charge in [-0.15, -0.1) is 6.58 Å². The van der Waals surface area contributed by atoms with Crippen molar-refractivity contribution in [2.45, 2.75) is 175 Å². The molecule has 3 heterocycles. The average Bonchev–Trinajstić information content (AvgIpc) is 3.66. The van der Waals surface area contributed by atoms with E-state index in [0.29, 0.717) is 25.4 Å². The van der Waals surface area contributed by atoms with Gasteiger partial charge in [0.25, 0.3) is 5.91 Å². The summed E-state index contributed by atoms with van der Waals surface area (Å²) < 4.78 is 5.13. The zero-order valence-electron chi connectivity index (χ0n) is 36.1. The summed E-state index contributed by atoms with van der Waals surface area (Å²) in [5.41, 5.74) is -2.71. The number of rotatable bonds is 12. The highest BCUT2D eigenvalue weighted by Gasteiger charge is 2.85. The minimum absolute atomic E-state index is 0.0624. The second-order valence-electron chi connectivity index (χ2n) is 21.4. The van der Waals surface area contributed by atoms with Crippen LogP contribution in [-0.4, -0.2) is 106 Å². The van der Waals surface area contributed by atoms with E-state index in [9.17, 15) is 19.2 Å². The maximum absolute atomic E-state index is 15.2. The van der Waals surface area contributed by atoms with Crippen LogP contribution in [0.4, 0.5) is 0 Å². The molecule has 318 valence electrons.